The van der Waals surface area contributed by atoms with Crippen LogP contribution in [0.25, 0.3) is 0 Å². The Kier molecular flexibility index (Phi) is 7.32. The first-order valence-corrected chi connectivity index (χ1v) is 12.4. The summed E-state index contributed by atoms with van der Waals surface area (Å²) in [7, 11) is -3.51. The number of hydrogen-bond donors (Lipinski definition) is 1. The van der Waals surface area contributed by atoms with Crippen LogP contribution in [0.1, 0.15) is 12.5 Å². The summed E-state index contributed by atoms with van der Waals surface area (Å²) in [6.45, 7) is 2.01. The molecule has 1 aliphatic rings. The van der Waals surface area contributed by atoms with Crippen LogP contribution < -0.4 is 14.4 Å². The van der Waals surface area contributed by atoms with E-state index in [1.165, 1.54) is 4.31 Å². The smallest absolute Gasteiger partial charge is 0.263 e. The van der Waals surface area contributed by atoms with Crippen LogP contribution in [0.3, 0.4) is 0 Å². The fourth-order valence-electron chi connectivity index (χ4n) is 2.94. The van der Waals surface area contributed by atoms with E-state index >= 15 is 0 Å². The molecule has 29 heavy (non-hydrogen) atoms. The normalized spacial score (nSPS) is 16.1. The second-order valence-electron chi connectivity index (χ2n) is 6.48. The molecule has 9 heteroatoms. The minimum atomic E-state index is -3.51. The van der Waals surface area contributed by atoms with Crippen molar-refractivity contribution in [2.75, 3.05) is 28.9 Å². The number of nitrogens with zero attached hydrogens (tertiary/aromatic N) is 1. The van der Waals surface area contributed by atoms with Gasteiger partial charge in [-0.25, -0.2) is 8.42 Å². The highest BCUT2D eigenvalue weighted by molar-refractivity contribution is 7.98. The van der Waals surface area contributed by atoms with Gasteiger partial charge in [-0.15, -0.1) is 0 Å². The SMILES string of the molecule is CCS(=O)(=O)N1CC(C(=O)NCCSCc2cccc(Cl)c2)Oc2ccccc21. The van der Waals surface area contributed by atoms with Crippen molar-refractivity contribution in [3.63, 3.8) is 0 Å². The van der Waals surface area contributed by atoms with Gasteiger partial charge in [-0.2, -0.15) is 11.8 Å². The van der Waals surface area contributed by atoms with E-state index in [1.807, 2.05) is 24.3 Å². The van der Waals surface area contributed by atoms with Crippen LogP contribution in [0.15, 0.2) is 48.5 Å². The first-order valence-electron chi connectivity index (χ1n) is 9.26. The maximum Gasteiger partial charge on any atom is 0.263 e. The highest BCUT2D eigenvalue weighted by atomic mass is 35.5. The molecule has 0 fully saturated rings. The zero-order chi connectivity index (χ0) is 20.9. The van der Waals surface area contributed by atoms with E-state index < -0.39 is 16.1 Å². The molecule has 3 rings (SSSR count). The summed E-state index contributed by atoms with van der Waals surface area (Å²) in [5.41, 5.74) is 1.59. The molecule has 0 saturated carbocycles. The van der Waals surface area contributed by atoms with Crippen LogP contribution in [0.4, 0.5) is 5.69 Å². The van der Waals surface area contributed by atoms with Crippen molar-refractivity contribution in [2.24, 2.45) is 0 Å². The number of carbonyl (C=O) groups is 1. The Balaban J connectivity index is 1.54. The summed E-state index contributed by atoms with van der Waals surface area (Å²) in [4.78, 5) is 12.6. The van der Waals surface area contributed by atoms with Crippen molar-refractivity contribution in [2.45, 2.75) is 18.8 Å². The number of para-hydroxylation sites is 2. The van der Waals surface area contributed by atoms with E-state index in [9.17, 15) is 13.2 Å². The molecule has 1 amide bonds. The predicted octanol–water partition coefficient (Wildman–Crippen LogP) is 3.31. The Labute approximate surface area is 180 Å². The maximum atomic E-state index is 12.6. The Morgan fingerprint density at radius 3 is 2.83 bits per heavy atom. The highest BCUT2D eigenvalue weighted by Gasteiger charge is 2.35. The molecule has 0 aromatic heterocycles. The fourth-order valence-corrected chi connectivity index (χ4v) is 5.08. The first-order chi connectivity index (χ1) is 13.9. The molecule has 156 valence electrons. The van der Waals surface area contributed by atoms with Crippen molar-refractivity contribution in [1.82, 2.24) is 5.32 Å². The topological polar surface area (TPSA) is 75.7 Å². The van der Waals surface area contributed by atoms with E-state index in [4.69, 9.17) is 16.3 Å². The summed E-state index contributed by atoms with van der Waals surface area (Å²) >= 11 is 7.66. The minimum Gasteiger partial charge on any atom is -0.476 e. The Morgan fingerprint density at radius 2 is 2.07 bits per heavy atom. The zero-order valence-electron chi connectivity index (χ0n) is 16.0. The van der Waals surface area contributed by atoms with Gasteiger partial charge in [0, 0.05) is 23.1 Å². The Hall–Kier alpha value is -1.90. The van der Waals surface area contributed by atoms with Gasteiger partial charge in [-0.05, 0) is 36.8 Å². The van der Waals surface area contributed by atoms with Gasteiger partial charge >= 0.3 is 0 Å². The van der Waals surface area contributed by atoms with Crippen molar-refractivity contribution in [1.29, 1.82) is 0 Å². The number of halogens is 1. The lowest BCUT2D eigenvalue weighted by Gasteiger charge is -2.34. The summed E-state index contributed by atoms with van der Waals surface area (Å²) in [6.07, 6.45) is -0.885. The van der Waals surface area contributed by atoms with Gasteiger partial charge in [0.15, 0.2) is 6.10 Å². The third-order valence-electron chi connectivity index (χ3n) is 4.43. The molecule has 0 radical (unpaired) electrons. The summed E-state index contributed by atoms with van der Waals surface area (Å²) in [5, 5.41) is 3.54. The van der Waals surface area contributed by atoms with Crippen LogP contribution in [0.2, 0.25) is 5.02 Å². The van der Waals surface area contributed by atoms with Gasteiger partial charge in [0.2, 0.25) is 10.0 Å². The highest BCUT2D eigenvalue weighted by Crippen LogP contribution is 2.35. The molecule has 1 unspecified atom stereocenters. The lowest BCUT2D eigenvalue weighted by atomic mass is 10.2. The van der Waals surface area contributed by atoms with Crippen molar-refractivity contribution in [3.05, 3.63) is 59.1 Å². The molecule has 6 nitrogen and oxygen atoms in total. The molecule has 1 atom stereocenters. The van der Waals surface area contributed by atoms with Gasteiger partial charge in [0.1, 0.15) is 5.75 Å². The van der Waals surface area contributed by atoms with Gasteiger partial charge < -0.3 is 10.1 Å². The largest absolute Gasteiger partial charge is 0.476 e. The number of anilines is 1. The van der Waals surface area contributed by atoms with E-state index in [0.717, 1.165) is 17.1 Å². The van der Waals surface area contributed by atoms with Crippen LogP contribution in [-0.2, 0) is 20.6 Å². The third kappa shape index (κ3) is 5.58. The molecular weight excluding hydrogens is 432 g/mol. The zero-order valence-corrected chi connectivity index (χ0v) is 18.4. The van der Waals surface area contributed by atoms with Crippen molar-refractivity contribution in [3.8, 4) is 5.75 Å². The van der Waals surface area contributed by atoms with Crippen LogP contribution >= 0.6 is 23.4 Å². The summed E-state index contributed by atoms with van der Waals surface area (Å²) in [5.74, 6) is 1.55. The van der Waals surface area contributed by atoms with Gasteiger partial charge in [0.25, 0.3) is 5.91 Å². The third-order valence-corrected chi connectivity index (χ3v) is 7.44. The monoisotopic (exact) mass is 454 g/mol. The molecular formula is C20H23ClN2O4S2. The number of amides is 1. The number of rotatable bonds is 8. The number of benzene rings is 2. The minimum absolute atomic E-state index is 0.0331. The van der Waals surface area contributed by atoms with Crippen molar-refractivity contribution >= 4 is 45.0 Å². The maximum absolute atomic E-state index is 12.6. The van der Waals surface area contributed by atoms with Crippen molar-refractivity contribution < 1.29 is 17.9 Å². The molecule has 1 N–H and O–H groups in total. The van der Waals surface area contributed by atoms with E-state index in [2.05, 4.69) is 5.32 Å². The first kappa shape index (κ1) is 21.8. The second kappa shape index (κ2) is 9.73. The number of sulfonamides is 1. The van der Waals surface area contributed by atoms with Crippen LogP contribution in [-0.4, -0.2) is 45.0 Å². The predicted molar refractivity (Wildman–Crippen MR) is 118 cm³/mol. The molecule has 2 aromatic rings. The second-order valence-corrected chi connectivity index (χ2v) is 10.2. The molecule has 1 heterocycles. The number of nitrogens with one attached hydrogen (secondary N) is 1. The molecule has 2 aromatic carbocycles. The molecule has 0 saturated heterocycles. The van der Waals surface area contributed by atoms with Crippen LogP contribution in [0.5, 0.6) is 5.75 Å². The van der Waals surface area contributed by atoms with Crippen LogP contribution in [0, 0.1) is 0 Å². The number of thioether (sulfide) groups is 1. The summed E-state index contributed by atoms with van der Waals surface area (Å²) < 4.78 is 32.0. The molecule has 0 spiro atoms. The van der Waals surface area contributed by atoms with Gasteiger partial charge in [-0.3, -0.25) is 9.10 Å². The molecule has 1 aliphatic heterocycles. The summed E-state index contributed by atoms with van der Waals surface area (Å²) in [6, 6.07) is 14.5. The number of carbonyl (C=O) groups excluding carboxylic acids is 1. The fraction of sp³-hybridized carbons (Fsp3) is 0.350. The van der Waals surface area contributed by atoms with Gasteiger partial charge in [-0.1, -0.05) is 35.9 Å². The standard InChI is InChI=1S/C20H23ClN2O4S2/c1-2-29(25,26)23-13-19(27-18-9-4-3-8-17(18)23)20(24)22-10-11-28-14-15-6-5-7-16(21)12-15/h3-9,12,19H,2,10-11,13-14H2,1H3,(H,22,24). The quantitative estimate of drug-likeness (QED) is 0.619. The Bertz CT molecular complexity index is 968. The van der Waals surface area contributed by atoms with E-state index in [1.54, 1.807) is 43.0 Å². The molecule has 0 bridgehead atoms. The number of hydrogen-bond acceptors (Lipinski definition) is 5. The molecule has 0 aliphatic carbocycles. The average Bonchev–Trinajstić information content (AvgIpc) is 2.72. The average molecular weight is 455 g/mol. The number of fused-ring (bicyclic) bond motifs is 1. The number of ether oxygens (including phenoxy) is 1. The van der Waals surface area contributed by atoms with Gasteiger partial charge in [0.05, 0.1) is 18.0 Å². The van der Waals surface area contributed by atoms with E-state index in [0.29, 0.717) is 23.0 Å². The lowest BCUT2D eigenvalue weighted by Crippen LogP contribution is -2.51. The van der Waals surface area contributed by atoms with E-state index in [-0.39, 0.29) is 18.2 Å². The Morgan fingerprint density at radius 1 is 1.28 bits per heavy atom. The lowest BCUT2D eigenvalue weighted by molar-refractivity contribution is -0.127.